The first-order chi connectivity index (χ1) is 9.74. The van der Waals surface area contributed by atoms with Gasteiger partial charge in [-0.3, -0.25) is 0 Å². The van der Waals surface area contributed by atoms with Gasteiger partial charge in [0.1, 0.15) is 0 Å². The molecule has 0 aliphatic carbocycles. The third kappa shape index (κ3) is 7.62. The first-order valence-corrected chi connectivity index (χ1v) is 7.30. The zero-order valence-corrected chi connectivity index (χ0v) is 12.0. The van der Waals surface area contributed by atoms with Gasteiger partial charge in [0.2, 0.25) is 0 Å². The molecule has 0 heterocycles. The van der Waals surface area contributed by atoms with E-state index in [-0.39, 0.29) is 0 Å². The van der Waals surface area contributed by atoms with E-state index in [2.05, 4.69) is 10.6 Å². The molecule has 0 aliphatic rings. The summed E-state index contributed by atoms with van der Waals surface area (Å²) in [6, 6.07) is 7.29. The lowest BCUT2D eigenvalue weighted by molar-refractivity contribution is 0.426. The van der Waals surface area contributed by atoms with Crippen LogP contribution in [0.5, 0.6) is 0 Å². The van der Waals surface area contributed by atoms with Gasteiger partial charge in [-0.15, -0.1) is 0 Å². The van der Waals surface area contributed by atoms with Gasteiger partial charge in [0.15, 0.2) is 0 Å². The second kappa shape index (κ2) is 10.8. The van der Waals surface area contributed by atoms with Gasteiger partial charge in [-0.25, -0.2) is 0 Å². The highest BCUT2D eigenvalue weighted by molar-refractivity contribution is 6.58. The Morgan fingerprint density at radius 3 is 2.20 bits per heavy atom. The summed E-state index contributed by atoms with van der Waals surface area (Å²) in [4.78, 5) is 0. The minimum Gasteiger partial charge on any atom is -0.423 e. The first-order valence-electron chi connectivity index (χ1n) is 7.30. The van der Waals surface area contributed by atoms with Crippen molar-refractivity contribution >= 4 is 12.6 Å². The molecular weight excluding hydrogens is 253 g/mol. The first kappa shape index (κ1) is 17.1. The number of rotatable bonds is 11. The lowest BCUT2D eigenvalue weighted by Crippen LogP contribution is -2.29. The number of nitrogens with two attached hydrogens (primary N) is 1. The zero-order chi connectivity index (χ0) is 14.6. The summed E-state index contributed by atoms with van der Waals surface area (Å²) in [5.74, 6) is 0. The van der Waals surface area contributed by atoms with E-state index in [1.165, 1.54) is 0 Å². The van der Waals surface area contributed by atoms with Crippen LogP contribution in [0.25, 0.3) is 0 Å². The van der Waals surface area contributed by atoms with E-state index in [0.717, 1.165) is 57.5 Å². The monoisotopic (exact) mass is 279 g/mol. The fourth-order valence-corrected chi connectivity index (χ4v) is 1.90. The van der Waals surface area contributed by atoms with E-state index in [9.17, 15) is 0 Å². The van der Waals surface area contributed by atoms with Crippen LogP contribution < -0.4 is 21.8 Å². The molecule has 0 bridgehead atoms. The van der Waals surface area contributed by atoms with Crippen molar-refractivity contribution in [3.8, 4) is 0 Å². The Labute approximate surface area is 121 Å². The van der Waals surface area contributed by atoms with Crippen LogP contribution in [-0.4, -0.2) is 43.3 Å². The Balaban J connectivity index is 2.01. The van der Waals surface area contributed by atoms with Gasteiger partial charge >= 0.3 is 7.12 Å². The molecule has 0 aromatic heterocycles. The van der Waals surface area contributed by atoms with Crippen molar-refractivity contribution in [3.63, 3.8) is 0 Å². The van der Waals surface area contributed by atoms with Crippen molar-refractivity contribution < 1.29 is 10.0 Å². The van der Waals surface area contributed by atoms with Gasteiger partial charge in [-0.2, -0.15) is 0 Å². The maximum absolute atomic E-state index is 8.99. The Morgan fingerprint density at radius 2 is 1.55 bits per heavy atom. The van der Waals surface area contributed by atoms with Crippen molar-refractivity contribution in [2.75, 3.05) is 26.2 Å². The third-order valence-electron chi connectivity index (χ3n) is 3.12. The quantitative estimate of drug-likeness (QED) is 0.269. The van der Waals surface area contributed by atoms with Gasteiger partial charge < -0.3 is 26.4 Å². The average molecular weight is 279 g/mol. The maximum Gasteiger partial charge on any atom is 0.488 e. The van der Waals surface area contributed by atoms with Crippen LogP contribution >= 0.6 is 0 Å². The molecule has 5 nitrogen and oxygen atoms in total. The lowest BCUT2D eigenvalue weighted by Gasteiger charge is -2.07. The summed E-state index contributed by atoms with van der Waals surface area (Å²) in [6.07, 6.45) is 3.33. The standard InChI is InChI=1S/C14H26BN3O2/c16-8-1-2-9-17-10-3-11-18-12-13-4-6-14(7-5-13)15(19)20/h4-7,17-20H,1-3,8-12,16H2. The molecule has 0 radical (unpaired) electrons. The van der Waals surface area contributed by atoms with Crippen LogP contribution in [0.4, 0.5) is 0 Å². The van der Waals surface area contributed by atoms with Gasteiger partial charge in [0, 0.05) is 6.54 Å². The molecule has 1 aromatic carbocycles. The number of unbranched alkanes of at least 4 members (excludes halogenated alkanes) is 1. The number of benzene rings is 1. The topological polar surface area (TPSA) is 90.5 Å². The van der Waals surface area contributed by atoms with Crippen LogP contribution in [0.2, 0.25) is 0 Å². The molecule has 0 fully saturated rings. The molecule has 0 aliphatic heterocycles. The largest absolute Gasteiger partial charge is 0.488 e. The number of hydrogen-bond acceptors (Lipinski definition) is 5. The summed E-state index contributed by atoms with van der Waals surface area (Å²) in [5, 5.41) is 24.7. The molecule has 0 atom stereocenters. The van der Waals surface area contributed by atoms with Crippen LogP contribution in [0.15, 0.2) is 24.3 Å². The molecule has 0 unspecified atom stereocenters. The van der Waals surface area contributed by atoms with E-state index < -0.39 is 7.12 Å². The fourth-order valence-electron chi connectivity index (χ4n) is 1.90. The average Bonchev–Trinajstić information content (AvgIpc) is 2.46. The molecular formula is C14H26BN3O2. The van der Waals surface area contributed by atoms with Crippen LogP contribution in [-0.2, 0) is 6.54 Å². The second-order valence-corrected chi connectivity index (χ2v) is 4.89. The van der Waals surface area contributed by atoms with Crippen molar-refractivity contribution in [1.29, 1.82) is 0 Å². The summed E-state index contributed by atoms with van der Waals surface area (Å²) < 4.78 is 0. The number of hydrogen-bond donors (Lipinski definition) is 5. The van der Waals surface area contributed by atoms with Gasteiger partial charge in [-0.1, -0.05) is 24.3 Å². The molecule has 1 aromatic rings. The molecule has 0 spiro atoms. The highest BCUT2D eigenvalue weighted by Gasteiger charge is 2.09. The predicted molar refractivity (Wildman–Crippen MR) is 83.7 cm³/mol. The molecule has 20 heavy (non-hydrogen) atoms. The predicted octanol–water partition coefficient (Wildman–Crippen LogP) is -0.825. The summed E-state index contributed by atoms with van der Waals surface area (Å²) in [6.45, 7) is 4.61. The molecule has 0 saturated carbocycles. The zero-order valence-electron chi connectivity index (χ0n) is 12.0. The Bertz CT molecular complexity index is 347. The van der Waals surface area contributed by atoms with Crippen LogP contribution in [0.1, 0.15) is 24.8 Å². The van der Waals surface area contributed by atoms with E-state index in [0.29, 0.717) is 5.46 Å². The smallest absolute Gasteiger partial charge is 0.423 e. The molecule has 6 N–H and O–H groups in total. The summed E-state index contributed by atoms with van der Waals surface area (Å²) in [7, 11) is -1.39. The van der Waals surface area contributed by atoms with E-state index >= 15 is 0 Å². The Morgan fingerprint density at radius 1 is 0.900 bits per heavy atom. The van der Waals surface area contributed by atoms with Crippen molar-refractivity contribution in [3.05, 3.63) is 29.8 Å². The fraction of sp³-hybridized carbons (Fsp3) is 0.571. The molecule has 112 valence electrons. The van der Waals surface area contributed by atoms with Gasteiger partial charge in [-0.05, 0) is 56.5 Å². The maximum atomic E-state index is 8.99. The van der Waals surface area contributed by atoms with Crippen LogP contribution in [0.3, 0.4) is 0 Å². The summed E-state index contributed by atoms with van der Waals surface area (Å²) >= 11 is 0. The second-order valence-electron chi connectivity index (χ2n) is 4.89. The third-order valence-corrected chi connectivity index (χ3v) is 3.12. The van der Waals surface area contributed by atoms with Crippen LogP contribution in [0, 0.1) is 0 Å². The van der Waals surface area contributed by atoms with E-state index in [1.807, 2.05) is 12.1 Å². The molecule has 0 saturated heterocycles. The number of nitrogens with one attached hydrogen (secondary N) is 2. The molecule has 0 amide bonds. The highest BCUT2D eigenvalue weighted by Crippen LogP contribution is 1.96. The lowest BCUT2D eigenvalue weighted by atomic mass is 9.80. The van der Waals surface area contributed by atoms with E-state index in [4.69, 9.17) is 15.8 Å². The van der Waals surface area contributed by atoms with E-state index in [1.54, 1.807) is 12.1 Å². The van der Waals surface area contributed by atoms with Gasteiger partial charge in [0.05, 0.1) is 0 Å². The Hall–Kier alpha value is -0.915. The summed E-state index contributed by atoms with van der Waals surface area (Å²) in [5.41, 5.74) is 7.09. The minimum atomic E-state index is -1.39. The van der Waals surface area contributed by atoms with Crippen molar-refractivity contribution in [1.82, 2.24) is 10.6 Å². The van der Waals surface area contributed by atoms with Crippen molar-refractivity contribution in [2.24, 2.45) is 5.73 Å². The Kier molecular flexibility index (Phi) is 9.27. The highest BCUT2D eigenvalue weighted by atomic mass is 16.4. The molecule has 6 heteroatoms. The molecule has 1 rings (SSSR count). The minimum absolute atomic E-state index is 0.524. The van der Waals surface area contributed by atoms with Gasteiger partial charge in [0.25, 0.3) is 0 Å². The SMILES string of the molecule is NCCCCNCCCNCc1ccc(B(O)O)cc1. The van der Waals surface area contributed by atoms with Crippen molar-refractivity contribution in [2.45, 2.75) is 25.8 Å². The normalized spacial score (nSPS) is 10.8.